The Labute approximate surface area is 94.0 Å². The van der Waals surface area contributed by atoms with E-state index in [-0.39, 0.29) is 0 Å². The van der Waals surface area contributed by atoms with Crippen molar-refractivity contribution in [2.45, 2.75) is 25.7 Å². The normalized spacial score (nSPS) is 27.2. The van der Waals surface area contributed by atoms with Gasteiger partial charge in [0.05, 0.1) is 6.61 Å². The Morgan fingerprint density at radius 1 is 1.27 bits per heavy atom. The van der Waals surface area contributed by atoms with Crippen molar-refractivity contribution in [3.63, 3.8) is 0 Å². The molecule has 0 aromatic carbocycles. The van der Waals surface area contributed by atoms with E-state index < -0.39 is 0 Å². The van der Waals surface area contributed by atoms with Gasteiger partial charge >= 0.3 is 0 Å². The second kappa shape index (κ2) is 7.20. The number of rotatable bonds is 6. The van der Waals surface area contributed by atoms with Gasteiger partial charge in [-0.15, -0.1) is 0 Å². The minimum Gasteiger partial charge on any atom is -0.383 e. The van der Waals surface area contributed by atoms with Crippen LogP contribution in [0.15, 0.2) is 0 Å². The van der Waals surface area contributed by atoms with Gasteiger partial charge in [-0.3, -0.25) is 0 Å². The van der Waals surface area contributed by atoms with Gasteiger partial charge < -0.3 is 15.4 Å². The van der Waals surface area contributed by atoms with Crippen molar-refractivity contribution < 1.29 is 4.74 Å². The lowest BCUT2D eigenvalue weighted by atomic mass is 9.79. The van der Waals surface area contributed by atoms with Crippen LogP contribution in [0.2, 0.25) is 0 Å². The molecule has 1 aliphatic carbocycles. The summed E-state index contributed by atoms with van der Waals surface area (Å²) in [6, 6.07) is 0. The van der Waals surface area contributed by atoms with Gasteiger partial charge in [-0.2, -0.15) is 0 Å². The summed E-state index contributed by atoms with van der Waals surface area (Å²) < 4.78 is 5.09. The average Bonchev–Trinajstić information content (AvgIpc) is 2.27. The first kappa shape index (κ1) is 12.9. The van der Waals surface area contributed by atoms with E-state index in [1.165, 1.54) is 32.2 Å². The summed E-state index contributed by atoms with van der Waals surface area (Å²) in [7, 11) is 3.94. The van der Waals surface area contributed by atoms with Gasteiger partial charge in [0.1, 0.15) is 0 Å². The third kappa shape index (κ3) is 4.49. The second-order valence-corrected chi connectivity index (χ2v) is 4.80. The van der Waals surface area contributed by atoms with E-state index in [4.69, 9.17) is 10.5 Å². The minimum atomic E-state index is 0.753. The lowest BCUT2D eigenvalue weighted by molar-refractivity contribution is 0.129. The SMILES string of the molecule is COCCN(C)CC1CCCCC1CN. The van der Waals surface area contributed by atoms with Crippen molar-refractivity contribution in [1.29, 1.82) is 0 Å². The third-order valence-corrected chi connectivity index (χ3v) is 3.59. The number of methoxy groups -OCH3 is 1. The van der Waals surface area contributed by atoms with Crippen LogP contribution in [0.3, 0.4) is 0 Å². The molecule has 0 spiro atoms. The molecule has 1 saturated carbocycles. The summed E-state index contributed by atoms with van der Waals surface area (Å²) in [5, 5.41) is 0. The molecule has 0 radical (unpaired) electrons. The molecule has 1 rings (SSSR count). The van der Waals surface area contributed by atoms with Crippen molar-refractivity contribution in [2.75, 3.05) is 40.4 Å². The topological polar surface area (TPSA) is 38.5 Å². The fourth-order valence-electron chi connectivity index (χ4n) is 2.57. The van der Waals surface area contributed by atoms with Crippen LogP contribution in [0, 0.1) is 11.8 Å². The van der Waals surface area contributed by atoms with E-state index in [0.717, 1.165) is 31.5 Å². The summed E-state index contributed by atoms with van der Waals surface area (Å²) in [4.78, 5) is 2.38. The van der Waals surface area contributed by atoms with Crippen LogP contribution in [-0.4, -0.2) is 45.3 Å². The predicted octanol–water partition coefficient (Wildman–Crippen LogP) is 1.33. The fraction of sp³-hybridized carbons (Fsp3) is 1.00. The molecule has 0 bridgehead atoms. The molecular weight excluding hydrogens is 188 g/mol. The van der Waals surface area contributed by atoms with Gasteiger partial charge in [0.2, 0.25) is 0 Å². The zero-order chi connectivity index (χ0) is 11.1. The molecule has 0 amide bonds. The Morgan fingerprint density at radius 3 is 2.53 bits per heavy atom. The van der Waals surface area contributed by atoms with E-state index in [1.54, 1.807) is 7.11 Å². The van der Waals surface area contributed by atoms with E-state index in [9.17, 15) is 0 Å². The zero-order valence-electron chi connectivity index (χ0n) is 10.2. The molecule has 1 fully saturated rings. The number of hydrogen-bond donors (Lipinski definition) is 1. The molecule has 90 valence electrons. The van der Waals surface area contributed by atoms with Crippen LogP contribution in [-0.2, 0) is 4.74 Å². The minimum absolute atomic E-state index is 0.753. The van der Waals surface area contributed by atoms with Crippen LogP contribution in [0.1, 0.15) is 25.7 Å². The quantitative estimate of drug-likeness (QED) is 0.725. The largest absolute Gasteiger partial charge is 0.383 e. The highest BCUT2D eigenvalue weighted by molar-refractivity contribution is 4.78. The Balaban J connectivity index is 2.27. The molecule has 3 nitrogen and oxygen atoms in total. The number of likely N-dealkylation sites (N-methyl/N-ethyl adjacent to an activating group) is 1. The van der Waals surface area contributed by atoms with Crippen LogP contribution < -0.4 is 5.73 Å². The van der Waals surface area contributed by atoms with E-state index >= 15 is 0 Å². The first-order chi connectivity index (χ1) is 7.27. The Morgan fingerprint density at radius 2 is 1.93 bits per heavy atom. The summed E-state index contributed by atoms with van der Waals surface area (Å²) in [6.07, 6.45) is 5.46. The Kier molecular flexibility index (Phi) is 6.22. The lowest BCUT2D eigenvalue weighted by Gasteiger charge is -2.33. The highest BCUT2D eigenvalue weighted by Gasteiger charge is 2.24. The molecule has 2 atom stereocenters. The standard InChI is InChI=1S/C12H26N2O/c1-14(7-8-15-2)10-12-6-4-3-5-11(12)9-13/h11-12H,3-10,13H2,1-2H3. The molecule has 1 aliphatic rings. The summed E-state index contributed by atoms with van der Waals surface area (Å²) >= 11 is 0. The predicted molar refractivity (Wildman–Crippen MR) is 63.9 cm³/mol. The van der Waals surface area contributed by atoms with Crippen molar-refractivity contribution in [2.24, 2.45) is 17.6 Å². The van der Waals surface area contributed by atoms with Gasteiger partial charge in [0.25, 0.3) is 0 Å². The molecule has 0 saturated heterocycles. The lowest BCUT2D eigenvalue weighted by Crippen LogP contribution is -2.36. The molecular formula is C12H26N2O. The highest BCUT2D eigenvalue weighted by atomic mass is 16.5. The molecule has 0 aromatic heterocycles. The van der Waals surface area contributed by atoms with Crippen molar-refractivity contribution in [3.05, 3.63) is 0 Å². The maximum Gasteiger partial charge on any atom is 0.0589 e. The monoisotopic (exact) mass is 214 g/mol. The van der Waals surface area contributed by atoms with Crippen LogP contribution in [0.25, 0.3) is 0 Å². The summed E-state index contributed by atoms with van der Waals surface area (Å²) in [5.74, 6) is 1.56. The molecule has 0 aromatic rings. The molecule has 2 N–H and O–H groups in total. The molecule has 3 heteroatoms. The van der Waals surface area contributed by atoms with Gasteiger partial charge in [0.15, 0.2) is 0 Å². The molecule has 0 heterocycles. The number of nitrogens with two attached hydrogens (primary N) is 1. The van der Waals surface area contributed by atoms with Crippen molar-refractivity contribution in [3.8, 4) is 0 Å². The second-order valence-electron chi connectivity index (χ2n) is 4.80. The first-order valence-corrected chi connectivity index (χ1v) is 6.15. The maximum absolute atomic E-state index is 5.83. The highest BCUT2D eigenvalue weighted by Crippen LogP contribution is 2.29. The van der Waals surface area contributed by atoms with Crippen LogP contribution in [0.4, 0.5) is 0 Å². The van der Waals surface area contributed by atoms with E-state index in [2.05, 4.69) is 11.9 Å². The number of nitrogens with zero attached hydrogens (tertiary/aromatic N) is 1. The number of hydrogen-bond acceptors (Lipinski definition) is 3. The van der Waals surface area contributed by atoms with E-state index in [0.29, 0.717) is 0 Å². The van der Waals surface area contributed by atoms with Crippen LogP contribution >= 0.6 is 0 Å². The molecule has 2 unspecified atom stereocenters. The van der Waals surface area contributed by atoms with Gasteiger partial charge in [-0.25, -0.2) is 0 Å². The number of ether oxygens (including phenoxy) is 1. The van der Waals surface area contributed by atoms with Gasteiger partial charge in [-0.1, -0.05) is 12.8 Å². The Hall–Kier alpha value is -0.120. The van der Waals surface area contributed by atoms with Crippen molar-refractivity contribution in [1.82, 2.24) is 4.90 Å². The maximum atomic E-state index is 5.83. The zero-order valence-corrected chi connectivity index (χ0v) is 10.2. The molecule has 15 heavy (non-hydrogen) atoms. The van der Waals surface area contributed by atoms with Crippen molar-refractivity contribution >= 4 is 0 Å². The third-order valence-electron chi connectivity index (χ3n) is 3.59. The van der Waals surface area contributed by atoms with Gasteiger partial charge in [0, 0.05) is 20.2 Å². The van der Waals surface area contributed by atoms with Gasteiger partial charge in [-0.05, 0) is 38.3 Å². The van der Waals surface area contributed by atoms with Crippen LogP contribution in [0.5, 0.6) is 0 Å². The van der Waals surface area contributed by atoms with E-state index in [1.807, 2.05) is 0 Å². The summed E-state index contributed by atoms with van der Waals surface area (Å²) in [5.41, 5.74) is 5.83. The summed E-state index contributed by atoms with van der Waals surface area (Å²) in [6.45, 7) is 3.91. The first-order valence-electron chi connectivity index (χ1n) is 6.15. The average molecular weight is 214 g/mol. The fourth-order valence-corrected chi connectivity index (χ4v) is 2.57. The smallest absolute Gasteiger partial charge is 0.0589 e. The Bertz CT molecular complexity index is 164. The molecule has 0 aliphatic heterocycles.